The van der Waals surface area contributed by atoms with Gasteiger partial charge in [-0.15, -0.1) is 0 Å². The van der Waals surface area contributed by atoms with Gasteiger partial charge in [-0.2, -0.15) is 0 Å². The third-order valence-electron chi connectivity index (χ3n) is 4.27. The zero-order valence-corrected chi connectivity index (χ0v) is 16.0. The van der Waals surface area contributed by atoms with E-state index in [1.807, 2.05) is 0 Å². The zero-order chi connectivity index (χ0) is 20.5. The van der Waals surface area contributed by atoms with Crippen molar-refractivity contribution in [3.05, 3.63) is 33.3 Å². The van der Waals surface area contributed by atoms with Gasteiger partial charge in [0.1, 0.15) is 6.04 Å². The summed E-state index contributed by atoms with van der Waals surface area (Å²) < 4.78 is 5.27. The highest BCUT2D eigenvalue weighted by Gasteiger charge is 2.22. The predicted octanol–water partition coefficient (Wildman–Crippen LogP) is 1.34. The first kappa shape index (κ1) is 22.0. The molecule has 1 unspecified atom stereocenters. The topological polar surface area (TPSA) is 134 Å². The molecular weight excluding hydrogens is 392 g/mol. The van der Waals surface area contributed by atoms with Gasteiger partial charge in [0.25, 0.3) is 5.69 Å². The summed E-state index contributed by atoms with van der Waals surface area (Å²) >= 11 is 5.94. The van der Waals surface area contributed by atoms with Gasteiger partial charge in [0, 0.05) is 25.2 Å². The van der Waals surface area contributed by atoms with Crippen molar-refractivity contribution in [2.24, 2.45) is 0 Å². The Bertz CT molecular complexity index is 711. The summed E-state index contributed by atoms with van der Waals surface area (Å²) in [6.07, 6.45) is 0.411. The van der Waals surface area contributed by atoms with Gasteiger partial charge in [0.2, 0.25) is 5.91 Å². The fraction of sp³-hybridized carbons (Fsp3) is 0.529. The van der Waals surface area contributed by atoms with Crippen LogP contribution in [0.4, 0.5) is 11.4 Å². The van der Waals surface area contributed by atoms with Crippen LogP contribution < -0.4 is 10.6 Å². The van der Waals surface area contributed by atoms with E-state index in [-0.39, 0.29) is 22.8 Å². The highest BCUT2D eigenvalue weighted by molar-refractivity contribution is 6.33. The van der Waals surface area contributed by atoms with Crippen LogP contribution in [0.2, 0.25) is 5.02 Å². The maximum Gasteiger partial charge on any atom is 0.321 e. The number of hydrogen-bond donors (Lipinski definition) is 3. The molecule has 0 bridgehead atoms. The first-order valence-corrected chi connectivity index (χ1v) is 9.24. The number of anilines is 1. The number of ether oxygens (including phenoxy) is 1. The number of carboxylic acids is 1. The van der Waals surface area contributed by atoms with Crippen LogP contribution in [0.25, 0.3) is 0 Å². The molecule has 11 heteroatoms. The maximum absolute atomic E-state index is 12.2. The van der Waals surface area contributed by atoms with Crippen LogP contribution in [-0.4, -0.2) is 72.2 Å². The highest BCUT2D eigenvalue weighted by atomic mass is 35.5. The fourth-order valence-corrected chi connectivity index (χ4v) is 2.92. The van der Waals surface area contributed by atoms with Gasteiger partial charge in [-0.3, -0.25) is 24.6 Å². The number of morpholine rings is 1. The molecule has 3 N–H and O–H groups in total. The molecule has 1 heterocycles. The third kappa shape index (κ3) is 7.04. The van der Waals surface area contributed by atoms with Gasteiger partial charge in [0.15, 0.2) is 0 Å². The molecule has 1 aliphatic heterocycles. The van der Waals surface area contributed by atoms with E-state index >= 15 is 0 Å². The number of aliphatic carboxylic acids is 1. The third-order valence-corrected chi connectivity index (χ3v) is 4.60. The van der Waals surface area contributed by atoms with E-state index in [2.05, 4.69) is 15.5 Å². The van der Waals surface area contributed by atoms with E-state index in [1.165, 1.54) is 12.1 Å². The smallest absolute Gasteiger partial charge is 0.321 e. The molecule has 2 rings (SSSR count). The molecule has 0 aromatic heterocycles. The number of non-ortho nitro benzene ring substituents is 1. The average Bonchev–Trinajstić information content (AvgIpc) is 2.66. The Hall–Kier alpha value is -2.27. The van der Waals surface area contributed by atoms with E-state index in [4.69, 9.17) is 16.3 Å². The van der Waals surface area contributed by atoms with E-state index in [1.54, 1.807) is 0 Å². The molecule has 1 saturated heterocycles. The fourth-order valence-electron chi connectivity index (χ4n) is 2.76. The Kier molecular flexibility index (Phi) is 8.58. The van der Waals surface area contributed by atoms with Crippen LogP contribution in [0.5, 0.6) is 0 Å². The Morgan fingerprint density at radius 3 is 2.71 bits per heavy atom. The number of nitro groups is 1. The number of hydrogen-bond acceptors (Lipinski definition) is 7. The molecule has 1 fully saturated rings. The Labute approximate surface area is 166 Å². The molecule has 0 radical (unpaired) electrons. The molecule has 0 saturated carbocycles. The minimum Gasteiger partial charge on any atom is -0.480 e. The molecule has 154 valence electrons. The summed E-state index contributed by atoms with van der Waals surface area (Å²) in [6, 6.07) is 2.58. The Morgan fingerprint density at radius 2 is 2.07 bits per heavy atom. The minimum absolute atomic E-state index is 0.0670. The van der Waals surface area contributed by atoms with Crippen molar-refractivity contribution in [1.29, 1.82) is 0 Å². The SMILES string of the molecule is O=C(CC(NCCCN1CCOCC1)C(=O)O)Nc1cc([N+](=O)[O-])ccc1Cl. The lowest BCUT2D eigenvalue weighted by Gasteiger charge is -2.26. The second-order valence-corrected chi connectivity index (χ2v) is 6.73. The molecule has 0 spiro atoms. The summed E-state index contributed by atoms with van der Waals surface area (Å²) in [7, 11) is 0. The number of nitrogens with zero attached hydrogens (tertiary/aromatic N) is 2. The van der Waals surface area contributed by atoms with Crippen LogP contribution in [0.15, 0.2) is 18.2 Å². The van der Waals surface area contributed by atoms with Crippen molar-refractivity contribution in [3.63, 3.8) is 0 Å². The van der Waals surface area contributed by atoms with Crippen LogP contribution in [-0.2, 0) is 14.3 Å². The van der Waals surface area contributed by atoms with Crippen LogP contribution in [0.3, 0.4) is 0 Å². The van der Waals surface area contributed by atoms with E-state index in [0.717, 1.165) is 32.1 Å². The molecule has 28 heavy (non-hydrogen) atoms. The van der Waals surface area contributed by atoms with Crippen molar-refractivity contribution in [2.75, 3.05) is 44.7 Å². The summed E-state index contributed by atoms with van der Waals surface area (Å²) in [6.45, 7) is 4.37. The molecule has 1 amide bonds. The average molecular weight is 415 g/mol. The predicted molar refractivity (Wildman–Crippen MR) is 103 cm³/mol. The van der Waals surface area contributed by atoms with Gasteiger partial charge in [-0.05, 0) is 25.6 Å². The zero-order valence-electron chi connectivity index (χ0n) is 15.2. The van der Waals surface area contributed by atoms with Crippen molar-refractivity contribution in [2.45, 2.75) is 18.9 Å². The van der Waals surface area contributed by atoms with Crippen molar-refractivity contribution in [3.8, 4) is 0 Å². The quantitative estimate of drug-likeness (QED) is 0.296. The monoisotopic (exact) mass is 414 g/mol. The number of benzene rings is 1. The number of halogens is 1. The summed E-state index contributed by atoms with van der Waals surface area (Å²) in [5.74, 6) is -1.75. The summed E-state index contributed by atoms with van der Waals surface area (Å²) in [5, 5.41) is 25.6. The molecular formula is C17H23ClN4O6. The lowest BCUT2D eigenvalue weighted by Crippen LogP contribution is -2.42. The van der Waals surface area contributed by atoms with Gasteiger partial charge in [-0.25, -0.2) is 0 Å². The second-order valence-electron chi connectivity index (χ2n) is 6.33. The largest absolute Gasteiger partial charge is 0.480 e. The maximum atomic E-state index is 12.2. The normalized spacial score (nSPS) is 15.8. The summed E-state index contributed by atoms with van der Waals surface area (Å²) in [5.41, 5.74) is -0.159. The minimum atomic E-state index is -1.15. The standard InChI is InChI=1S/C17H23ClN4O6/c18-13-3-2-12(22(26)27)10-14(13)20-16(23)11-15(17(24)25)19-4-1-5-21-6-8-28-9-7-21/h2-3,10,15,19H,1,4-9,11H2,(H,20,23)(H,24,25). The Morgan fingerprint density at radius 1 is 1.36 bits per heavy atom. The van der Waals surface area contributed by atoms with E-state index in [0.29, 0.717) is 19.8 Å². The summed E-state index contributed by atoms with van der Waals surface area (Å²) in [4.78, 5) is 36.0. The van der Waals surface area contributed by atoms with E-state index < -0.39 is 22.8 Å². The molecule has 0 aliphatic carbocycles. The number of carboxylic acid groups (broad SMARTS) is 1. The first-order valence-electron chi connectivity index (χ1n) is 8.87. The van der Waals surface area contributed by atoms with Crippen molar-refractivity contribution in [1.82, 2.24) is 10.2 Å². The number of carbonyl (C=O) groups excluding carboxylic acids is 1. The molecule has 1 atom stereocenters. The second kappa shape index (κ2) is 10.9. The van der Waals surface area contributed by atoms with Crippen LogP contribution >= 0.6 is 11.6 Å². The van der Waals surface area contributed by atoms with Crippen LogP contribution in [0.1, 0.15) is 12.8 Å². The van der Waals surface area contributed by atoms with Crippen molar-refractivity contribution < 1.29 is 24.4 Å². The highest BCUT2D eigenvalue weighted by Crippen LogP contribution is 2.26. The lowest BCUT2D eigenvalue weighted by atomic mass is 10.2. The number of amides is 1. The number of rotatable bonds is 10. The van der Waals surface area contributed by atoms with Crippen molar-refractivity contribution >= 4 is 34.9 Å². The van der Waals surface area contributed by atoms with Gasteiger partial charge >= 0.3 is 5.97 Å². The molecule has 1 aliphatic rings. The number of nitro benzene ring substituents is 1. The van der Waals surface area contributed by atoms with Gasteiger partial charge < -0.3 is 20.5 Å². The van der Waals surface area contributed by atoms with Gasteiger partial charge in [0.05, 0.1) is 35.3 Å². The first-order chi connectivity index (χ1) is 13.4. The van der Waals surface area contributed by atoms with Crippen LogP contribution in [0, 0.1) is 10.1 Å². The lowest BCUT2D eigenvalue weighted by molar-refractivity contribution is -0.384. The molecule has 1 aromatic carbocycles. The molecule has 10 nitrogen and oxygen atoms in total. The van der Waals surface area contributed by atoms with E-state index in [9.17, 15) is 24.8 Å². The number of carbonyl (C=O) groups is 2. The van der Waals surface area contributed by atoms with Gasteiger partial charge in [-0.1, -0.05) is 11.6 Å². The number of nitrogens with one attached hydrogen (secondary N) is 2. The molecule has 1 aromatic rings. The Balaban J connectivity index is 1.82.